The Balaban J connectivity index is 0.00000312. The summed E-state index contributed by atoms with van der Waals surface area (Å²) in [4.78, 5) is 8.09. The van der Waals surface area contributed by atoms with E-state index in [-0.39, 0.29) is 24.0 Å². The number of likely N-dealkylation sites (tertiary alicyclic amines) is 1. The summed E-state index contributed by atoms with van der Waals surface area (Å²) < 4.78 is 0. The molecule has 4 nitrogen and oxygen atoms in total. The number of hydrogen-bond donors (Lipinski definition) is 2. The molecule has 0 radical (unpaired) electrons. The van der Waals surface area contributed by atoms with E-state index in [0.717, 1.165) is 29.8 Å². The fourth-order valence-corrected chi connectivity index (χ4v) is 3.66. The lowest BCUT2D eigenvalue weighted by atomic mass is 10.3. The topological polar surface area (TPSA) is 39.7 Å². The van der Waals surface area contributed by atoms with Crippen molar-refractivity contribution in [2.45, 2.75) is 30.6 Å². The Kier molecular flexibility index (Phi) is 12.8. The molecule has 2 rings (SSSR count). The highest BCUT2D eigenvalue weighted by Gasteiger charge is 2.09. The number of nitrogens with zero attached hydrogens (tertiary/aromatic N) is 2. The fraction of sp³-hybridized carbons (Fsp3) is 0.611. The Hall–Kier alpha value is -0.180. The molecule has 0 saturated carbocycles. The second kappa shape index (κ2) is 13.9. The summed E-state index contributed by atoms with van der Waals surface area (Å²) in [6.07, 6.45) is 5.21. The first-order valence-corrected chi connectivity index (χ1v) is 10.2. The van der Waals surface area contributed by atoms with E-state index in [1.54, 1.807) is 0 Å². The summed E-state index contributed by atoms with van der Waals surface area (Å²) in [6.45, 7) is 5.70. The molecule has 1 aromatic rings. The number of hydrogen-bond acceptors (Lipinski definition) is 3. The molecule has 7 heteroatoms. The minimum Gasteiger partial charge on any atom is -0.356 e. The number of thioether (sulfide) groups is 1. The van der Waals surface area contributed by atoms with Gasteiger partial charge in [0.1, 0.15) is 0 Å². The third kappa shape index (κ3) is 9.92. The van der Waals surface area contributed by atoms with E-state index in [1.165, 1.54) is 50.2 Å². The van der Waals surface area contributed by atoms with Gasteiger partial charge < -0.3 is 15.5 Å². The molecule has 1 fully saturated rings. The lowest BCUT2D eigenvalue weighted by molar-refractivity contribution is 0.330. The molecule has 0 aliphatic carbocycles. The molecular weight excluding hydrogens is 467 g/mol. The van der Waals surface area contributed by atoms with E-state index in [4.69, 9.17) is 11.6 Å². The molecule has 0 atom stereocenters. The smallest absolute Gasteiger partial charge is 0.191 e. The Labute approximate surface area is 178 Å². The van der Waals surface area contributed by atoms with Crippen molar-refractivity contribution < 1.29 is 0 Å². The molecule has 1 saturated heterocycles. The molecule has 1 heterocycles. The molecule has 25 heavy (non-hydrogen) atoms. The minimum absolute atomic E-state index is 0. The maximum atomic E-state index is 5.89. The largest absolute Gasteiger partial charge is 0.356 e. The van der Waals surface area contributed by atoms with E-state index in [1.807, 2.05) is 30.9 Å². The highest BCUT2D eigenvalue weighted by atomic mass is 127. The first-order valence-electron chi connectivity index (χ1n) is 8.83. The molecule has 0 aromatic heterocycles. The van der Waals surface area contributed by atoms with Crippen molar-refractivity contribution in [2.24, 2.45) is 4.99 Å². The molecule has 142 valence electrons. The van der Waals surface area contributed by atoms with Crippen LogP contribution in [0.15, 0.2) is 34.2 Å². The van der Waals surface area contributed by atoms with E-state index < -0.39 is 0 Å². The summed E-state index contributed by atoms with van der Waals surface area (Å²) in [6, 6.07) is 7.97. The van der Waals surface area contributed by atoms with Gasteiger partial charge in [0.2, 0.25) is 0 Å². The van der Waals surface area contributed by atoms with Crippen LogP contribution in [0.25, 0.3) is 0 Å². The Bertz CT molecular complexity index is 492. The maximum absolute atomic E-state index is 5.89. The predicted octanol–water partition coefficient (Wildman–Crippen LogP) is 4.09. The van der Waals surface area contributed by atoms with Crippen LogP contribution in [0.1, 0.15) is 25.7 Å². The molecule has 0 spiro atoms. The van der Waals surface area contributed by atoms with Crippen molar-refractivity contribution in [3.63, 3.8) is 0 Å². The number of halogens is 2. The van der Waals surface area contributed by atoms with Crippen LogP contribution in [0.4, 0.5) is 0 Å². The number of benzene rings is 1. The van der Waals surface area contributed by atoms with Gasteiger partial charge in [-0.15, -0.1) is 35.7 Å². The van der Waals surface area contributed by atoms with Gasteiger partial charge in [-0.05, 0) is 69.6 Å². The standard InChI is InChI=1S/C18H29ClN4S.HI/c1-20-18(21-10-2-3-12-23-13-4-5-14-23)22-11-15-24-17-8-6-16(19)7-9-17;/h6-9H,2-5,10-15H2,1H3,(H2,20,21,22);1H. The third-order valence-corrected chi connectivity index (χ3v) is 5.36. The second-order valence-corrected chi connectivity index (χ2v) is 7.59. The average Bonchev–Trinajstić information content (AvgIpc) is 3.11. The van der Waals surface area contributed by atoms with Crippen molar-refractivity contribution in [1.29, 1.82) is 0 Å². The van der Waals surface area contributed by atoms with Crippen LogP contribution in [0.2, 0.25) is 5.02 Å². The van der Waals surface area contributed by atoms with Gasteiger partial charge in [-0.2, -0.15) is 0 Å². The monoisotopic (exact) mass is 496 g/mol. The zero-order chi connectivity index (χ0) is 17.0. The number of unbranched alkanes of at least 4 members (excludes halogenated alkanes) is 1. The maximum Gasteiger partial charge on any atom is 0.191 e. The summed E-state index contributed by atoms with van der Waals surface area (Å²) in [5.41, 5.74) is 0. The van der Waals surface area contributed by atoms with Gasteiger partial charge in [-0.25, -0.2) is 0 Å². The Morgan fingerprint density at radius 2 is 1.80 bits per heavy atom. The highest BCUT2D eigenvalue weighted by molar-refractivity contribution is 14.0. The van der Waals surface area contributed by atoms with Crippen LogP contribution >= 0.6 is 47.3 Å². The van der Waals surface area contributed by atoms with Gasteiger partial charge in [0.15, 0.2) is 5.96 Å². The van der Waals surface area contributed by atoms with E-state index in [9.17, 15) is 0 Å². The SMILES string of the molecule is CN=C(NCCCCN1CCCC1)NCCSc1ccc(Cl)cc1.I. The summed E-state index contributed by atoms with van der Waals surface area (Å²) >= 11 is 7.71. The van der Waals surface area contributed by atoms with Crippen LogP contribution in [0.3, 0.4) is 0 Å². The van der Waals surface area contributed by atoms with Crippen LogP contribution in [-0.2, 0) is 0 Å². The first-order chi connectivity index (χ1) is 11.8. The fourth-order valence-electron chi connectivity index (χ4n) is 2.76. The molecule has 0 bridgehead atoms. The number of aliphatic imine (C=N–C) groups is 1. The first kappa shape index (κ1) is 22.9. The van der Waals surface area contributed by atoms with Gasteiger partial charge in [-0.3, -0.25) is 4.99 Å². The second-order valence-electron chi connectivity index (χ2n) is 5.98. The third-order valence-electron chi connectivity index (χ3n) is 4.09. The number of nitrogens with one attached hydrogen (secondary N) is 2. The van der Waals surface area contributed by atoms with Crippen molar-refractivity contribution >= 4 is 53.3 Å². The quantitative estimate of drug-likeness (QED) is 0.178. The Morgan fingerprint density at radius 3 is 2.48 bits per heavy atom. The molecule has 0 amide bonds. The van der Waals surface area contributed by atoms with E-state index in [0.29, 0.717) is 0 Å². The normalized spacial score (nSPS) is 15.0. The van der Waals surface area contributed by atoms with E-state index >= 15 is 0 Å². The molecule has 1 aliphatic heterocycles. The summed E-state index contributed by atoms with van der Waals surface area (Å²) in [5, 5.41) is 7.54. The average molecular weight is 497 g/mol. The highest BCUT2D eigenvalue weighted by Crippen LogP contribution is 2.19. The van der Waals surface area contributed by atoms with Gasteiger partial charge >= 0.3 is 0 Å². The lowest BCUT2D eigenvalue weighted by Crippen LogP contribution is -2.39. The van der Waals surface area contributed by atoms with Crippen molar-refractivity contribution in [3.05, 3.63) is 29.3 Å². The summed E-state index contributed by atoms with van der Waals surface area (Å²) in [7, 11) is 1.83. The minimum atomic E-state index is 0. The van der Waals surface area contributed by atoms with Crippen LogP contribution in [0, 0.1) is 0 Å². The van der Waals surface area contributed by atoms with Gasteiger partial charge in [0, 0.05) is 35.8 Å². The van der Waals surface area contributed by atoms with Crippen molar-refractivity contribution in [3.8, 4) is 0 Å². The van der Waals surface area contributed by atoms with E-state index in [2.05, 4.69) is 32.7 Å². The zero-order valence-electron chi connectivity index (χ0n) is 15.0. The van der Waals surface area contributed by atoms with Gasteiger partial charge in [0.05, 0.1) is 0 Å². The van der Waals surface area contributed by atoms with Crippen LogP contribution in [0.5, 0.6) is 0 Å². The molecule has 0 unspecified atom stereocenters. The van der Waals surface area contributed by atoms with Gasteiger partial charge in [0.25, 0.3) is 0 Å². The summed E-state index contributed by atoms with van der Waals surface area (Å²) in [5.74, 6) is 1.89. The number of guanidine groups is 1. The molecular formula is C18H30ClIN4S. The van der Waals surface area contributed by atoms with Crippen LogP contribution in [-0.4, -0.2) is 56.4 Å². The molecule has 1 aromatic carbocycles. The van der Waals surface area contributed by atoms with Crippen molar-refractivity contribution in [2.75, 3.05) is 45.5 Å². The van der Waals surface area contributed by atoms with Crippen molar-refractivity contribution in [1.82, 2.24) is 15.5 Å². The van der Waals surface area contributed by atoms with Crippen LogP contribution < -0.4 is 10.6 Å². The Morgan fingerprint density at radius 1 is 1.12 bits per heavy atom. The predicted molar refractivity (Wildman–Crippen MR) is 122 cm³/mol. The van der Waals surface area contributed by atoms with Gasteiger partial charge in [-0.1, -0.05) is 11.6 Å². The molecule has 2 N–H and O–H groups in total. The lowest BCUT2D eigenvalue weighted by Gasteiger charge is -2.15. The zero-order valence-corrected chi connectivity index (χ0v) is 18.9. The molecule has 1 aliphatic rings. The number of rotatable bonds is 9.